The predicted octanol–water partition coefficient (Wildman–Crippen LogP) is 7.49. The Morgan fingerprint density at radius 3 is 2.31 bits per heavy atom. The molecule has 4 aromatic rings. The second kappa shape index (κ2) is 6.95. The van der Waals surface area contributed by atoms with Gasteiger partial charge in [-0.2, -0.15) is 0 Å². The van der Waals surface area contributed by atoms with Crippen LogP contribution >= 0.6 is 0 Å². The number of aromatic nitrogens is 2. The van der Waals surface area contributed by atoms with Crippen LogP contribution in [0.3, 0.4) is 0 Å². The summed E-state index contributed by atoms with van der Waals surface area (Å²) in [6.45, 7) is 15.5. The average Bonchev–Trinajstić information content (AvgIpc) is 2.65. The van der Waals surface area contributed by atoms with Gasteiger partial charge in [-0.25, -0.2) is 9.97 Å². The molecule has 2 heteroatoms. The van der Waals surface area contributed by atoms with E-state index in [1.807, 2.05) is 0 Å². The van der Waals surface area contributed by atoms with Crippen LogP contribution in [0.4, 0.5) is 0 Å². The second-order valence-corrected chi connectivity index (χ2v) is 9.56. The van der Waals surface area contributed by atoms with Crippen LogP contribution in [0.1, 0.15) is 63.1 Å². The molecule has 0 radical (unpaired) electrons. The molecule has 0 N–H and O–H groups in total. The lowest BCUT2D eigenvalue weighted by atomic mass is 9.84. The van der Waals surface area contributed by atoms with E-state index >= 15 is 0 Å². The molecule has 4 rings (SSSR count). The second-order valence-electron chi connectivity index (χ2n) is 9.56. The van der Waals surface area contributed by atoms with Crippen LogP contribution in [0.25, 0.3) is 32.9 Å². The smallest absolute Gasteiger partial charge is 0.132 e. The van der Waals surface area contributed by atoms with E-state index < -0.39 is 0 Å². The number of rotatable bonds is 2. The van der Waals surface area contributed by atoms with Gasteiger partial charge < -0.3 is 0 Å². The minimum absolute atomic E-state index is 0.0910. The van der Waals surface area contributed by atoms with Crippen molar-refractivity contribution < 1.29 is 0 Å². The maximum atomic E-state index is 5.06. The molecule has 0 spiro atoms. The zero-order valence-electron chi connectivity index (χ0n) is 18.6. The Balaban J connectivity index is 2.13. The Morgan fingerprint density at radius 2 is 1.62 bits per heavy atom. The van der Waals surface area contributed by atoms with Crippen molar-refractivity contribution in [1.82, 2.24) is 9.97 Å². The van der Waals surface area contributed by atoms with Gasteiger partial charge in [-0.05, 0) is 54.0 Å². The molecule has 0 unspecified atom stereocenters. The zero-order valence-corrected chi connectivity index (χ0v) is 18.6. The molecule has 1 aromatic heterocycles. The lowest BCUT2D eigenvalue weighted by Crippen LogP contribution is -2.11. The van der Waals surface area contributed by atoms with Gasteiger partial charge in [-0.15, -0.1) is 0 Å². The van der Waals surface area contributed by atoms with Crippen molar-refractivity contribution in [2.45, 2.75) is 59.8 Å². The predicted molar refractivity (Wildman–Crippen MR) is 125 cm³/mol. The Bertz CT molecular complexity index is 1230. The van der Waals surface area contributed by atoms with Crippen molar-refractivity contribution in [2.24, 2.45) is 0 Å². The molecule has 1 heterocycles. The molecule has 0 amide bonds. The Hall–Kier alpha value is -2.74. The number of aryl methyl sites for hydroxylation is 2. The van der Waals surface area contributed by atoms with Gasteiger partial charge in [0.2, 0.25) is 0 Å². The summed E-state index contributed by atoms with van der Waals surface area (Å²) >= 11 is 0. The zero-order chi connectivity index (χ0) is 20.9. The molecule has 29 heavy (non-hydrogen) atoms. The Kier molecular flexibility index (Phi) is 4.69. The number of hydrogen-bond donors (Lipinski definition) is 0. The molecular weight excluding hydrogens is 352 g/mol. The van der Waals surface area contributed by atoms with Crippen LogP contribution in [0, 0.1) is 13.8 Å². The summed E-state index contributed by atoms with van der Waals surface area (Å²) in [7, 11) is 0. The quantitative estimate of drug-likeness (QED) is 0.336. The highest BCUT2D eigenvalue weighted by molar-refractivity contribution is 6.10. The molecular formula is C27H30N2. The van der Waals surface area contributed by atoms with Gasteiger partial charge in [-0.3, -0.25) is 0 Å². The fourth-order valence-electron chi connectivity index (χ4n) is 3.99. The SMILES string of the molecule is Cc1cc(-c2nc(C(C)C)nc3c2ccc2cccc(C)c23)cc(C(C)(C)C)c1. The largest absolute Gasteiger partial charge is 0.232 e. The minimum Gasteiger partial charge on any atom is -0.232 e. The minimum atomic E-state index is 0.0910. The van der Waals surface area contributed by atoms with Gasteiger partial charge in [0, 0.05) is 22.3 Å². The van der Waals surface area contributed by atoms with Crippen LogP contribution in [-0.2, 0) is 5.41 Å². The van der Waals surface area contributed by atoms with Crippen molar-refractivity contribution in [3.05, 3.63) is 71.0 Å². The van der Waals surface area contributed by atoms with Gasteiger partial charge in [0.1, 0.15) is 5.82 Å². The standard InChI is InChI=1S/C27H30N2/c1-16(2)26-28-24(20-13-17(3)14-21(15-20)27(5,6)7)22-12-11-19-10-8-9-18(4)23(19)25(22)29-26/h8-16H,1-7H3. The van der Waals surface area contributed by atoms with Crippen LogP contribution in [-0.4, -0.2) is 9.97 Å². The summed E-state index contributed by atoms with van der Waals surface area (Å²) in [5, 5.41) is 3.59. The first-order chi connectivity index (χ1) is 13.6. The van der Waals surface area contributed by atoms with Crippen molar-refractivity contribution in [2.75, 3.05) is 0 Å². The molecule has 0 saturated heterocycles. The molecule has 0 aliphatic heterocycles. The summed E-state index contributed by atoms with van der Waals surface area (Å²) in [6.07, 6.45) is 0. The van der Waals surface area contributed by atoms with E-state index in [-0.39, 0.29) is 11.3 Å². The number of benzene rings is 3. The highest BCUT2D eigenvalue weighted by Crippen LogP contribution is 2.35. The van der Waals surface area contributed by atoms with E-state index in [0.717, 1.165) is 22.4 Å². The van der Waals surface area contributed by atoms with Gasteiger partial charge in [-0.1, -0.05) is 70.5 Å². The Morgan fingerprint density at radius 1 is 0.862 bits per heavy atom. The first-order valence-corrected chi connectivity index (χ1v) is 10.5. The lowest BCUT2D eigenvalue weighted by Gasteiger charge is -2.21. The summed E-state index contributed by atoms with van der Waals surface area (Å²) in [5.41, 5.74) is 7.23. The van der Waals surface area contributed by atoms with E-state index in [1.165, 1.54) is 33.0 Å². The van der Waals surface area contributed by atoms with E-state index in [0.29, 0.717) is 0 Å². The van der Waals surface area contributed by atoms with Gasteiger partial charge >= 0.3 is 0 Å². The molecule has 0 bridgehead atoms. The van der Waals surface area contributed by atoms with Crippen LogP contribution in [0.5, 0.6) is 0 Å². The first-order valence-electron chi connectivity index (χ1n) is 10.5. The van der Waals surface area contributed by atoms with Crippen molar-refractivity contribution >= 4 is 21.7 Å². The highest BCUT2D eigenvalue weighted by atomic mass is 14.9. The normalized spacial score (nSPS) is 12.3. The maximum Gasteiger partial charge on any atom is 0.132 e. The molecule has 0 aliphatic carbocycles. The van der Waals surface area contributed by atoms with Gasteiger partial charge in [0.15, 0.2) is 0 Å². The summed E-state index contributed by atoms with van der Waals surface area (Å²) < 4.78 is 0. The van der Waals surface area contributed by atoms with Crippen LogP contribution in [0.2, 0.25) is 0 Å². The molecule has 0 saturated carbocycles. The third-order valence-electron chi connectivity index (χ3n) is 5.67. The van der Waals surface area contributed by atoms with Crippen molar-refractivity contribution in [3.8, 4) is 11.3 Å². The molecule has 3 aromatic carbocycles. The van der Waals surface area contributed by atoms with E-state index in [4.69, 9.17) is 9.97 Å². The number of nitrogens with zero attached hydrogens (tertiary/aromatic N) is 2. The molecule has 0 fully saturated rings. The Labute approximate surface area is 174 Å². The molecule has 0 aliphatic rings. The van der Waals surface area contributed by atoms with Crippen molar-refractivity contribution in [1.29, 1.82) is 0 Å². The lowest BCUT2D eigenvalue weighted by molar-refractivity contribution is 0.590. The third kappa shape index (κ3) is 3.53. The fraction of sp³-hybridized carbons (Fsp3) is 0.333. The topological polar surface area (TPSA) is 25.8 Å². The number of fused-ring (bicyclic) bond motifs is 3. The molecule has 0 atom stereocenters. The van der Waals surface area contributed by atoms with E-state index in [9.17, 15) is 0 Å². The molecule has 148 valence electrons. The summed E-state index contributed by atoms with van der Waals surface area (Å²) in [5.74, 6) is 1.17. The summed E-state index contributed by atoms with van der Waals surface area (Å²) in [6, 6.07) is 17.7. The monoisotopic (exact) mass is 382 g/mol. The van der Waals surface area contributed by atoms with Crippen LogP contribution in [0.15, 0.2) is 48.5 Å². The summed E-state index contributed by atoms with van der Waals surface area (Å²) in [4.78, 5) is 10.1. The average molecular weight is 383 g/mol. The van der Waals surface area contributed by atoms with E-state index in [1.54, 1.807) is 0 Å². The molecule has 2 nitrogen and oxygen atoms in total. The first kappa shape index (κ1) is 19.6. The van der Waals surface area contributed by atoms with E-state index in [2.05, 4.69) is 97.0 Å². The number of hydrogen-bond acceptors (Lipinski definition) is 2. The highest BCUT2D eigenvalue weighted by Gasteiger charge is 2.19. The van der Waals surface area contributed by atoms with Crippen molar-refractivity contribution in [3.63, 3.8) is 0 Å². The van der Waals surface area contributed by atoms with Gasteiger partial charge in [0.25, 0.3) is 0 Å². The fourth-order valence-corrected chi connectivity index (χ4v) is 3.99. The van der Waals surface area contributed by atoms with Gasteiger partial charge in [0.05, 0.1) is 11.2 Å². The third-order valence-corrected chi connectivity index (χ3v) is 5.67. The maximum absolute atomic E-state index is 5.06. The van der Waals surface area contributed by atoms with Crippen LogP contribution < -0.4 is 0 Å².